The summed E-state index contributed by atoms with van der Waals surface area (Å²) in [5, 5.41) is 9.46. The molecule has 0 bridgehead atoms. The topological polar surface area (TPSA) is 40.5 Å². The van der Waals surface area contributed by atoms with Gasteiger partial charge in [0.1, 0.15) is 0 Å². The number of carbonyl (C=O) groups is 1. The van der Waals surface area contributed by atoms with Crippen molar-refractivity contribution in [3.63, 3.8) is 0 Å². The van der Waals surface area contributed by atoms with Crippen LogP contribution in [0.4, 0.5) is 16.2 Å². The smallest absolute Gasteiger partial charge is 0.416 e. The molecule has 0 unspecified atom stereocenters. The summed E-state index contributed by atoms with van der Waals surface area (Å²) in [5.74, 6) is 0. The first kappa shape index (κ1) is 14.1. The fraction of sp³-hybridized carbons (Fsp3) is 0.235. The van der Waals surface area contributed by atoms with Crippen LogP contribution in [-0.2, 0) is 12.8 Å². The van der Waals surface area contributed by atoms with Crippen LogP contribution in [-0.4, -0.2) is 11.2 Å². The Labute approximate surface area is 119 Å². The fourth-order valence-electron chi connectivity index (χ4n) is 2.13. The second kappa shape index (κ2) is 6.24. The molecule has 0 aliphatic rings. The molecule has 2 aromatic carbocycles. The van der Waals surface area contributed by atoms with E-state index in [1.807, 2.05) is 48.5 Å². The van der Waals surface area contributed by atoms with E-state index in [2.05, 4.69) is 13.8 Å². The highest BCUT2D eigenvalue weighted by Gasteiger charge is 2.16. The second-order valence-electron chi connectivity index (χ2n) is 4.66. The first-order valence-electron chi connectivity index (χ1n) is 6.86. The summed E-state index contributed by atoms with van der Waals surface area (Å²) < 4.78 is 0. The number of aryl methyl sites for hydroxylation is 2. The lowest BCUT2D eigenvalue weighted by atomic mass is 10.1. The van der Waals surface area contributed by atoms with Crippen LogP contribution in [0.25, 0.3) is 0 Å². The molecule has 0 aromatic heterocycles. The van der Waals surface area contributed by atoms with Gasteiger partial charge in [-0.15, -0.1) is 0 Å². The van der Waals surface area contributed by atoms with Crippen LogP contribution < -0.4 is 4.90 Å². The molecule has 104 valence electrons. The molecular weight excluding hydrogens is 250 g/mol. The Hall–Kier alpha value is -2.29. The van der Waals surface area contributed by atoms with E-state index in [-0.39, 0.29) is 0 Å². The van der Waals surface area contributed by atoms with Gasteiger partial charge in [-0.25, -0.2) is 9.69 Å². The van der Waals surface area contributed by atoms with Crippen molar-refractivity contribution in [1.29, 1.82) is 0 Å². The Bertz CT molecular complexity index is 525. The van der Waals surface area contributed by atoms with Crippen molar-refractivity contribution in [2.45, 2.75) is 26.7 Å². The molecule has 0 saturated heterocycles. The minimum atomic E-state index is -0.974. The average Bonchev–Trinajstić information content (AvgIpc) is 2.48. The molecule has 0 radical (unpaired) electrons. The predicted molar refractivity (Wildman–Crippen MR) is 81.8 cm³/mol. The standard InChI is InChI=1S/C17H19NO2/c1-3-13-5-9-15(10-6-13)18(17(19)20)16-11-7-14(4-2)8-12-16/h5-12H,3-4H2,1-2H3,(H,19,20). The van der Waals surface area contributed by atoms with Gasteiger partial charge in [0.2, 0.25) is 0 Å². The molecule has 2 aromatic rings. The van der Waals surface area contributed by atoms with Crippen molar-refractivity contribution >= 4 is 17.5 Å². The number of hydrogen-bond acceptors (Lipinski definition) is 1. The van der Waals surface area contributed by atoms with Gasteiger partial charge in [0.05, 0.1) is 11.4 Å². The predicted octanol–water partition coefficient (Wildman–Crippen LogP) is 4.63. The minimum Gasteiger partial charge on any atom is -0.464 e. The zero-order valence-electron chi connectivity index (χ0n) is 11.8. The Morgan fingerprint density at radius 3 is 1.45 bits per heavy atom. The number of carboxylic acid groups (broad SMARTS) is 1. The molecular formula is C17H19NO2. The Kier molecular flexibility index (Phi) is 4.41. The lowest BCUT2D eigenvalue weighted by Gasteiger charge is -2.20. The quantitative estimate of drug-likeness (QED) is 0.879. The molecule has 1 N–H and O–H groups in total. The minimum absolute atomic E-state index is 0.666. The molecule has 3 heteroatoms. The van der Waals surface area contributed by atoms with E-state index < -0.39 is 6.09 Å². The summed E-state index contributed by atoms with van der Waals surface area (Å²) in [4.78, 5) is 12.8. The highest BCUT2D eigenvalue weighted by atomic mass is 16.4. The van der Waals surface area contributed by atoms with Gasteiger partial charge in [-0.05, 0) is 48.2 Å². The largest absolute Gasteiger partial charge is 0.464 e. The van der Waals surface area contributed by atoms with Crippen molar-refractivity contribution in [2.75, 3.05) is 4.90 Å². The third-order valence-electron chi connectivity index (χ3n) is 3.40. The highest BCUT2D eigenvalue weighted by Crippen LogP contribution is 2.26. The third kappa shape index (κ3) is 2.99. The number of hydrogen-bond donors (Lipinski definition) is 1. The summed E-state index contributed by atoms with van der Waals surface area (Å²) in [6.45, 7) is 4.15. The van der Waals surface area contributed by atoms with Crippen LogP contribution in [0.3, 0.4) is 0 Å². The Morgan fingerprint density at radius 2 is 1.20 bits per heavy atom. The summed E-state index contributed by atoms with van der Waals surface area (Å²) in [6, 6.07) is 15.2. The maximum atomic E-state index is 11.5. The van der Waals surface area contributed by atoms with Crippen LogP contribution in [0.1, 0.15) is 25.0 Å². The first-order chi connectivity index (χ1) is 9.65. The van der Waals surface area contributed by atoms with E-state index in [0.717, 1.165) is 12.8 Å². The number of amides is 1. The van der Waals surface area contributed by atoms with Crippen molar-refractivity contribution in [3.8, 4) is 0 Å². The number of benzene rings is 2. The second-order valence-corrected chi connectivity index (χ2v) is 4.66. The van der Waals surface area contributed by atoms with E-state index >= 15 is 0 Å². The summed E-state index contributed by atoms with van der Waals surface area (Å²) >= 11 is 0. The first-order valence-corrected chi connectivity index (χ1v) is 6.86. The maximum absolute atomic E-state index is 11.5. The average molecular weight is 269 g/mol. The maximum Gasteiger partial charge on any atom is 0.416 e. The molecule has 0 aliphatic carbocycles. The molecule has 3 nitrogen and oxygen atoms in total. The zero-order valence-corrected chi connectivity index (χ0v) is 11.8. The Morgan fingerprint density at radius 1 is 0.850 bits per heavy atom. The molecule has 0 atom stereocenters. The zero-order chi connectivity index (χ0) is 14.5. The molecule has 0 fully saturated rings. The summed E-state index contributed by atoms with van der Waals surface area (Å²) in [7, 11) is 0. The molecule has 0 saturated carbocycles. The van der Waals surface area contributed by atoms with E-state index in [1.165, 1.54) is 16.0 Å². The van der Waals surface area contributed by atoms with E-state index in [0.29, 0.717) is 11.4 Å². The lowest BCUT2D eigenvalue weighted by Crippen LogP contribution is -2.23. The van der Waals surface area contributed by atoms with Crippen LogP contribution in [0.5, 0.6) is 0 Å². The van der Waals surface area contributed by atoms with Gasteiger partial charge < -0.3 is 5.11 Å². The molecule has 0 spiro atoms. The van der Waals surface area contributed by atoms with Gasteiger partial charge in [0.25, 0.3) is 0 Å². The molecule has 0 aliphatic heterocycles. The summed E-state index contributed by atoms with van der Waals surface area (Å²) in [5.41, 5.74) is 3.72. The fourth-order valence-corrected chi connectivity index (χ4v) is 2.13. The molecule has 20 heavy (non-hydrogen) atoms. The van der Waals surface area contributed by atoms with Gasteiger partial charge in [0, 0.05) is 0 Å². The normalized spacial score (nSPS) is 10.3. The molecule has 2 rings (SSSR count). The van der Waals surface area contributed by atoms with Gasteiger partial charge in [-0.2, -0.15) is 0 Å². The van der Waals surface area contributed by atoms with Crippen LogP contribution in [0.15, 0.2) is 48.5 Å². The SMILES string of the molecule is CCc1ccc(N(C(=O)O)c2ccc(CC)cc2)cc1. The van der Waals surface area contributed by atoms with E-state index in [1.54, 1.807) is 0 Å². The number of rotatable bonds is 4. The van der Waals surface area contributed by atoms with Crippen LogP contribution in [0, 0.1) is 0 Å². The number of nitrogens with zero attached hydrogens (tertiary/aromatic N) is 1. The monoisotopic (exact) mass is 269 g/mol. The third-order valence-corrected chi connectivity index (χ3v) is 3.40. The Balaban J connectivity index is 2.36. The van der Waals surface area contributed by atoms with Crippen molar-refractivity contribution in [1.82, 2.24) is 0 Å². The van der Waals surface area contributed by atoms with Crippen molar-refractivity contribution < 1.29 is 9.90 Å². The van der Waals surface area contributed by atoms with Crippen LogP contribution >= 0.6 is 0 Å². The van der Waals surface area contributed by atoms with Gasteiger partial charge in [-0.3, -0.25) is 0 Å². The van der Waals surface area contributed by atoms with Crippen molar-refractivity contribution in [2.24, 2.45) is 0 Å². The van der Waals surface area contributed by atoms with Gasteiger partial charge in [0.15, 0.2) is 0 Å². The van der Waals surface area contributed by atoms with Gasteiger partial charge in [-0.1, -0.05) is 38.1 Å². The highest BCUT2D eigenvalue weighted by molar-refractivity contribution is 5.94. The molecule has 1 amide bonds. The van der Waals surface area contributed by atoms with Gasteiger partial charge >= 0.3 is 6.09 Å². The summed E-state index contributed by atoms with van der Waals surface area (Å²) in [6.07, 6.45) is 0.912. The van der Waals surface area contributed by atoms with E-state index in [4.69, 9.17) is 0 Å². The van der Waals surface area contributed by atoms with E-state index in [9.17, 15) is 9.90 Å². The number of anilines is 2. The molecule has 0 heterocycles. The lowest BCUT2D eigenvalue weighted by molar-refractivity contribution is 0.205. The van der Waals surface area contributed by atoms with Crippen molar-refractivity contribution in [3.05, 3.63) is 59.7 Å². The van der Waals surface area contributed by atoms with Crippen LogP contribution in [0.2, 0.25) is 0 Å².